The molecule has 3 nitrogen and oxygen atoms in total. The minimum absolute atomic E-state index is 0.0258. The second-order valence-corrected chi connectivity index (χ2v) is 7.70. The van der Waals surface area contributed by atoms with E-state index in [1.54, 1.807) is 0 Å². The van der Waals surface area contributed by atoms with E-state index in [0.717, 1.165) is 25.7 Å². The largest absolute Gasteiger partial charge is 0.490 e. The second kappa shape index (κ2) is 7.53. The first-order valence-electron chi connectivity index (χ1n) is 9.86. The summed E-state index contributed by atoms with van der Waals surface area (Å²) in [6.07, 6.45) is 8.49. The number of hydrogen-bond donors (Lipinski definition) is 1. The summed E-state index contributed by atoms with van der Waals surface area (Å²) in [7, 11) is 0. The van der Waals surface area contributed by atoms with Crippen LogP contribution in [0.5, 0.6) is 5.75 Å². The molecule has 0 heterocycles. The molecule has 0 aliphatic heterocycles. The van der Waals surface area contributed by atoms with Gasteiger partial charge in [0.15, 0.2) is 0 Å². The molecule has 3 heteroatoms. The number of carbonyl (C=O) groups is 1. The zero-order chi connectivity index (χ0) is 17.8. The van der Waals surface area contributed by atoms with Crippen molar-refractivity contribution >= 4 is 5.91 Å². The van der Waals surface area contributed by atoms with E-state index < -0.39 is 0 Å². The van der Waals surface area contributed by atoms with Gasteiger partial charge in [0.25, 0.3) is 5.91 Å². The van der Waals surface area contributed by atoms with Crippen molar-refractivity contribution < 1.29 is 9.53 Å². The topological polar surface area (TPSA) is 38.3 Å². The highest BCUT2D eigenvalue weighted by atomic mass is 16.5. The van der Waals surface area contributed by atoms with Gasteiger partial charge in [-0.2, -0.15) is 0 Å². The predicted molar refractivity (Wildman–Crippen MR) is 104 cm³/mol. The fourth-order valence-corrected chi connectivity index (χ4v) is 4.05. The Balaban J connectivity index is 1.50. The van der Waals surface area contributed by atoms with Crippen molar-refractivity contribution in [3.63, 3.8) is 0 Å². The standard InChI is InChI=1S/C23H27NO2/c25-22(20-11-5-6-12-21(20)26-19-13-14-19)24-17-23(15-7-2-8-16-23)18-9-3-1-4-10-18/h1,3-6,9-12,19H,2,7-8,13-17H2,(H,24,25). The van der Waals surface area contributed by atoms with E-state index in [2.05, 4.69) is 35.6 Å². The molecule has 0 bridgehead atoms. The zero-order valence-electron chi connectivity index (χ0n) is 15.2. The van der Waals surface area contributed by atoms with Crippen LogP contribution in [-0.2, 0) is 5.41 Å². The molecule has 0 atom stereocenters. The molecule has 0 unspecified atom stereocenters. The van der Waals surface area contributed by atoms with Gasteiger partial charge in [0, 0.05) is 12.0 Å². The highest BCUT2D eigenvalue weighted by molar-refractivity contribution is 5.97. The Morgan fingerprint density at radius 2 is 1.65 bits per heavy atom. The van der Waals surface area contributed by atoms with Crippen LogP contribution in [0.3, 0.4) is 0 Å². The molecule has 0 spiro atoms. The zero-order valence-corrected chi connectivity index (χ0v) is 15.2. The average Bonchev–Trinajstić information content (AvgIpc) is 3.52. The Bertz CT molecular complexity index is 746. The molecule has 2 aliphatic rings. The smallest absolute Gasteiger partial charge is 0.255 e. The number of para-hydroxylation sites is 1. The number of ether oxygens (including phenoxy) is 1. The molecule has 0 aromatic heterocycles. The summed E-state index contributed by atoms with van der Waals surface area (Å²) >= 11 is 0. The van der Waals surface area contributed by atoms with E-state index in [0.29, 0.717) is 17.9 Å². The summed E-state index contributed by atoms with van der Waals surface area (Å²) in [6, 6.07) is 18.3. The Morgan fingerprint density at radius 1 is 0.962 bits per heavy atom. The van der Waals surface area contributed by atoms with E-state index in [9.17, 15) is 4.79 Å². The minimum Gasteiger partial charge on any atom is -0.490 e. The van der Waals surface area contributed by atoms with Gasteiger partial charge in [-0.3, -0.25) is 4.79 Å². The summed E-state index contributed by atoms with van der Waals surface area (Å²) in [5.41, 5.74) is 2.06. The van der Waals surface area contributed by atoms with Gasteiger partial charge in [0.1, 0.15) is 5.75 Å². The van der Waals surface area contributed by atoms with E-state index in [4.69, 9.17) is 4.74 Å². The summed E-state index contributed by atoms with van der Waals surface area (Å²) in [5, 5.41) is 3.22. The molecule has 2 aromatic carbocycles. The van der Waals surface area contributed by atoms with Crippen molar-refractivity contribution in [3.05, 3.63) is 65.7 Å². The summed E-state index contributed by atoms with van der Waals surface area (Å²) in [4.78, 5) is 12.9. The maximum absolute atomic E-state index is 12.9. The van der Waals surface area contributed by atoms with E-state index in [-0.39, 0.29) is 17.4 Å². The summed E-state index contributed by atoms with van der Waals surface area (Å²) in [6.45, 7) is 0.688. The predicted octanol–water partition coefficient (Wildman–Crippen LogP) is 4.86. The van der Waals surface area contributed by atoms with Gasteiger partial charge in [-0.05, 0) is 43.4 Å². The van der Waals surface area contributed by atoms with Gasteiger partial charge in [-0.25, -0.2) is 0 Å². The van der Waals surface area contributed by atoms with E-state index in [1.165, 1.54) is 24.8 Å². The van der Waals surface area contributed by atoms with Crippen LogP contribution in [0, 0.1) is 0 Å². The Labute approximate surface area is 155 Å². The number of rotatable bonds is 6. The van der Waals surface area contributed by atoms with Crippen molar-refractivity contribution in [2.75, 3.05) is 6.54 Å². The SMILES string of the molecule is O=C(NCC1(c2ccccc2)CCCCC1)c1ccccc1OC1CC1. The van der Waals surface area contributed by atoms with Gasteiger partial charge in [0.2, 0.25) is 0 Å². The molecule has 0 saturated heterocycles. The molecule has 2 aromatic rings. The second-order valence-electron chi connectivity index (χ2n) is 7.70. The lowest BCUT2D eigenvalue weighted by atomic mass is 9.69. The first-order valence-corrected chi connectivity index (χ1v) is 9.86. The molecule has 1 amide bonds. The monoisotopic (exact) mass is 349 g/mol. The molecule has 4 rings (SSSR count). The molecular weight excluding hydrogens is 322 g/mol. The van der Waals surface area contributed by atoms with E-state index in [1.807, 2.05) is 24.3 Å². The van der Waals surface area contributed by atoms with Gasteiger partial charge in [0.05, 0.1) is 11.7 Å². The third-order valence-corrected chi connectivity index (χ3v) is 5.73. The van der Waals surface area contributed by atoms with Crippen molar-refractivity contribution in [3.8, 4) is 5.75 Å². The van der Waals surface area contributed by atoms with Crippen LogP contribution in [0.2, 0.25) is 0 Å². The number of carbonyl (C=O) groups excluding carboxylic acids is 1. The Hall–Kier alpha value is -2.29. The van der Waals surface area contributed by atoms with Crippen LogP contribution in [0.4, 0.5) is 0 Å². The molecule has 1 N–H and O–H groups in total. The number of benzene rings is 2. The normalized spacial score (nSPS) is 18.9. The number of nitrogens with one attached hydrogen (secondary N) is 1. The van der Waals surface area contributed by atoms with Crippen molar-refractivity contribution in [2.45, 2.75) is 56.5 Å². The van der Waals surface area contributed by atoms with Gasteiger partial charge < -0.3 is 10.1 Å². The molecule has 26 heavy (non-hydrogen) atoms. The summed E-state index contributed by atoms with van der Waals surface area (Å²) in [5.74, 6) is 0.687. The van der Waals surface area contributed by atoms with Crippen molar-refractivity contribution in [1.29, 1.82) is 0 Å². The fourth-order valence-electron chi connectivity index (χ4n) is 4.05. The Kier molecular flexibility index (Phi) is 4.96. The van der Waals surface area contributed by atoms with Crippen LogP contribution in [-0.4, -0.2) is 18.6 Å². The van der Waals surface area contributed by atoms with Crippen LogP contribution >= 0.6 is 0 Å². The molecule has 0 radical (unpaired) electrons. The molecule has 2 aliphatic carbocycles. The number of amides is 1. The quantitative estimate of drug-likeness (QED) is 0.809. The van der Waals surface area contributed by atoms with Gasteiger partial charge >= 0.3 is 0 Å². The summed E-state index contributed by atoms with van der Waals surface area (Å²) < 4.78 is 5.92. The van der Waals surface area contributed by atoms with Gasteiger partial charge in [-0.15, -0.1) is 0 Å². The molecule has 2 saturated carbocycles. The fraction of sp³-hybridized carbons (Fsp3) is 0.435. The Morgan fingerprint density at radius 3 is 2.38 bits per heavy atom. The van der Waals surface area contributed by atoms with Crippen molar-refractivity contribution in [2.24, 2.45) is 0 Å². The minimum atomic E-state index is -0.0258. The molecular formula is C23H27NO2. The highest BCUT2D eigenvalue weighted by Crippen LogP contribution is 2.39. The third kappa shape index (κ3) is 3.77. The van der Waals surface area contributed by atoms with Crippen molar-refractivity contribution in [1.82, 2.24) is 5.32 Å². The average molecular weight is 349 g/mol. The lowest BCUT2D eigenvalue weighted by Gasteiger charge is -2.38. The van der Waals surface area contributed by atoms with Crippen LogP contribution in [0.1, 0.15) is 60.9 Å². The molecule has 136 valence electrons. The van der Waals surface area contributed by atoms with Crippen LogP contribution in [0.15, 0.2) is 54.6 Å². The first kappa shape index (κ1) is 17.1. The maximum atomic E-state index is 12.9. The lowest BCUT2D eigenvalue weighted by Crippen LogP contribution is -2.42. The van der Waals surface area contributed by atoms with Gasteiger partial charge in [-0.1, -0.05) is 61.7 Å². The number of hydrogen-bond acceptors (Lipinski definition) is 2. The molecule has 2 fully saturated rings. The van der Waals surface area contributed by atoms with E-state index >= 15 is 0 Å². The third-order valence-electron chi connectivity index (χ3n) is 5.73. The van der Waals surface area contributed by atoms with Crippen LogP contribution < -0.4 is 10.1 Å². The van der Waals surface area contributed by atoms with Crippen LogP contribution in [0.25, 0.3) is 0 Å². The first-order chi connectivity index (χ1) is 12.8. The maximum Gasteiger partial charge on any atom is 0.255 e. The lowest BCUT2D eigenvalue weighted by molar-refractivity contribution is 0.0932. The highest BCUT2D eigenvalue weighted by Gasteiger charge is 2.34.